The molecule has 21 heavy (non-hydrogen) atoms. The molecule has 0 bridgehead atoms. The molecule has 0 amide bonds. The zero-order chi connectivity index (χ0) is 14.8. The Morgan fingerprint density at radius 2 is 1.90 bits per heavy atom. The number of morpholine rings is 1. The van der Waals surface area contributed by atoms with Gasteiger partial charge in [0.25, 0.3) is 0 Å². The third kappa shape index (κ3) is 3.18. The average molecular weight is 325 g/mol. The summed E-state index contributed by atoms with van der Waals surface area (Å²) in [6.45, 7) is 4.06. The van der Waals surface area contributed by atoms with Crippen molar-refractivity contribution in [2.75, 3.05) is 26.3 Å². The maximum atomic E-state index is 5.93. The predicted octanol–water partition coefficient (Wildman–Crippen LogP) is 2.56. The molecule has 0 spiro atoms. The molecule has 1 saturated heterocycles. The second-order valence-electron chi connectivity index (χ2n) is 5.04. The highest BCUT2D eigenvalue weighted by Gasteiger charge is 2.15. The molecule has 1 aromatic carbocycles. The van der Waals surface area contributed by atoms with Gasteiger partial charge in [0.05, 0.1) is 19.9 Å². The second-order valence-corrected chi connectivity index (χ2v) is 5.85. The van der Waals surface area contributed by atoms with Gasteiger partial charge in [-0.25, -0.2) is 4.68 Å². The Hall–Kier alpha value is -1.21. The Kier molecular flexibility index (Phi) is 4.40. The van der Waals surface area contributed by atoms with E-state index in [4.69, 9.17) is 28.6 Å². The smallest absolute Gasteiger partial charge is 0.199 e. The number of benzene rings is 1. The topological polar surface area (TPSA) is 35.2 Å². The molecule has 0 aliphatic carbocycles. The number of ether oxygens (including phenoxy) is 1. The van der Waals surface area contributed by atoms with Gasteiger partial charge in [0.1, 0.15) is 0 Å². The number of nitrogens with zero attached hydrogens (tertiary/aromatic N) is 4. The molecule has 1 aliphatic heterocycles. The summed E-state index contributed by atoms with van der Waals surface area (Å²) in [6, 6.07) is 7.64. The van der Waals surface area contributed by atoms with Crippen molar-refractivity contribution in [2.45, 2.75) is 6.67 Å². The van der Waals surface area contributed by atoms with E-state index >= 15 is 0 Å². The van der Waals surface area contributed by atoms with E-state index in [1.165, 1.54) is 0 Å². The van der Waals surface area contributed by atoms with Crippen molar-refractivity contribution in [2.24, 2.45) is 7.05 Å². The number of aromatic nitrogens is 3. The van der Waals surface area contributed by atoms with Gasteiger partial charge in [0.2, 0.25) is 0 Å². The van der Waals surface area contributed by atoms with E-state index in [9.17, 15) is 0 Å². The molecule has 3 rings (SSSR count). The quantitative estimate of drug-likeness (QED) is 0.813. The lowest BCUT2D eigenvalue weighted by atomic mass is 10.2. The number of hydrogen-bond donors (Lipinski definition) is 0. The lowest BCUT2D eigenvalue weighted by Gasteiger charge is -2.25. The minimum absolute atomic E-state index is 0.698. The van der Waals surface area contributed by atoms with E-state index < -0.39 is 0 Å². The first-order chi connectivity index (χ1) is 10.1. The van der Waals surface area contributed by atoms with Gasteiger partial charge in [-0.15, -0.1) is 0 Å². The van der Waals surface area contributed by atoms with Crippen molar-refractivity contribution in [1.29, 1.82) is 0 Å². The van der Waals surface area contributed by atoms with E-state index in [0.717, 1.165) is 37.7 Å². The maximum Gasteiger partial charge on any atom is 0.199 e. The van der Waals surface area contributed by atoms with Gasteiger partial charge in [-0.2, -0.15) is 5.10 Å². The highest BCUT2D eigenvalue weighted by Crippen LogP contribution is 2.20. The van der Waals surface area contributed by atoms with E-state index in [1.807, 2.05) is 40.6 Å². The molecule has 1 aromatic heterocycles. The van der Waals surface area contributed by atoms with Crippen molar-refractivity contribution < 1.29 is 4.74 Å². The summed E-state index contributed by atoms with van der Waals surface area (Å²) in [4.78, 5) is 2.29. The van der Waals surface area contributed by atoms with Gasteiger partial charge in [-0.05, 0) is 36.5 Å². The zero-order valence-electron chi connectivity index (χ0n) is 11.8. The molecule has 5 nitrogen and oxygen atoms in total. The van der Waals surface area contributed by atoms with Crippen LogP contribution < -0.4 is 0 Å². The van der Waals surface area contributed by atoms with Crippen LogP contribution in [0.4, 0.5) is 0 Å². The van der Waals surface area contributed by atoms with E-state index in [2.05, 4.69) is 10.00 Å². The minimum atomic E-state index is 0.698. The molecule has 2 heterocycles. The molecule has 1 fully saturated rings. The second kappa shape index (κ2) is 6.27. The molecule has 0 N–H and O–H groups in total. The van der Waals surface area contributed by atoms with Crippen molar-refractivity contribution >= 4 is 23.8 Å². The van der Waals surface area contributed by atoms with Gasteiger partial charge < -0.3 is 9.30 Å². The average Bonchev–Trinajstić information content (AvgIpc) is 2.78. The Morgan fingerprint density at radius 3 is 2.57 bits per heavy atom. The summed E-state index contributed by atoms with van der Waals surface area (Å²) >= 11 is 11.4. The molecular formula is C14H17ClN4OS. The van der Waals surface area contributed by atoms with Crippen molar-refractivity contribution in [1.82, 2.24) is 19.2 Å². The van der Waals surface area contributed by atoms with Crippen LogP contribution in [0.25, 0.3) is 11.4 Å². The van der Waals surface area contributed by atoms with Crippen molar-refractivity contribution in [3.63, 3.8) is 0 Å². The summed E-state index contributed by atoms with van der Waals surface area (Å²) in [6.07, 6.45) is 0. The van der Waals surface area contributed by atoms with Crippen LogP contribution in [0.1, 0.15) is 0 Å². The van der Waals surface area contributed by atoms with Crippen LogP contribution in [-0.4, -0.2) is 45.6 Å². The Morgan fingerprint density at radius 1 is 1.24 bits per heavy atom. The van der Waals surface area contributed by atoms with Crippen LogP contribution >= 0.6 is 23.8 Å². The molecule has 0 saturated carbocycles. The number of halogens is 1. The fourth-order valence-electron chi connectivity index (χ4n) is 2.36. The normalized spacial score (nSPS) is 16.3. The van der Waals surface area contributed by atoms with E-state index in [1.54, 1.807) is 0 Å². The molecule has 112 valence electrons. The van der Waals surface area contributed by atoms with Gasteiger partial charge >= 0.3 is 0 Å². The first kappa shape index (κ1) is 14.7. The van der Waals surface area contributed by atoms with Crippen molar-refractivity contribution in [3.05, 3.63) is 34.1 Å². The van der Waals surface area contributed by atoms with Crippen LogP contribution in [0.2, 0.25) is 5.02 Å². The largest absolute Gasteiger partial charge is 0.379 e. The van der Waals surface area contributed by atoms with E-state index in [-0.39, 0.29) is 0 Å². The predicted molar refractivity (Wildman–Crippen MR) is 84.9 cm³/mol. The fourth-order valence-corrected chi connectivity index (χ4v) is 2.67. The number of rotatable bonds is 3. The molecule has 1 aliphatic rings. The molecule has 0 atom stereocenters. The first-order valence-electron chi connectivity index (χ1n) is 6.85. The molecule has 0 radical (unpaired) electrons. The van der Waals surface area contributed by atoms with E-state index in [0.29, 0.717) is 16.5 Å². The zero-order valence-corrected chi connectivity index (χ0v) is 13.4. The first-order valence-corrected chi connectivity index (χ1v) is 7.63. The summed E-state index contributed by atoms with van der Waals surface area (Å²) in [5.41, 5.74) is 1.01. The highest BCUT2D eigenvalue weighted by molar-refractivity contribution is 7.71. The number of hydrogen-bond acceptors (Lipinski definition) is 4. The Labute approximate surface area is 133 Å². The van der Waals surface area contributed by atoms with Crippen LogP contribution in [-0.2, 0) is 18.5 Å². The Balaban J connectivity index is 1.88. The highest BCUT2D eigenvalue weighted by atomic mass is 35.5. The van der Waals surface area contributed by atoms with Gasteiger partial charge in [0, 0.05) is 30.7 Å². The SMILES string of the molecule is Cn1c(-c2ccc(Cl)cc2)nn(CN2CCOCC2)c1=S. The minimum Gasteiger partial charge on any atom is -0.379 e. The van der Waals surface area contributed by atoms with Gasteiger partial charge in [-0.1, -0.05) is 11.6 Å². The summed E-state index contributed by atoms with van der Waals surface area (Å²) in [5, 5.41) is 5.37. The third-order valence-corrected chi connectivity index (χ3v) is 4.32. The van der Waals surface area contributed by atoms with Crippen LogP contribution in [0.3, 0.4) is 0 Å². The summed E-state index contributed by atoms with van der Waals surface area (Å²) in [5.74, 6) is 0.852. The summed E-state index contributed by atoms with van der Waals surface area (Å²) < 4.78 is 9.87. The van der Waals surface area contributed by atoms with Crippen molar-refractivity contribution in [3.8, 4) is 11.4 Å². The van der Waals surface area contributed by atoms with Gasteiger partial charge in [0.15, 0.2) is 10.6 Å². The van der Waals surface area contributed by atoms with Crippen LogP contribution in [0.15, 0.2) is 24.3 Å². The van der Waals surface area contributed by atoms with Gasteiger partial charge in [-0.3, -0.25) is 4.90 Å². The molecule has 7 heteroatoms. The Bertz CT molecular complexity index is 673. The van der Waals surface area contributed by atoms with Crippen LogP contribution in [0.5, 0.6) is 0 Å². The lowest BCUT2D eigenvalue weighted by Crippen LogP contribution is -2.37. The molecule has 0 unspecified atom stereocenters. The third-order valence-electron chi connectivity index (χ3n) is 3.58. The molecule has 2 aromatic rings. The van der Waals surface area contributed by atoms with Crippen LogP contribution in [0, 0.1) is 4.77 Å². The standard InChI is InChI=1S/C14H17ClN4OS/c1-17-13(11-2-4-12(15)5-3-11)16-19(14(17)21)10-18-6-8-20-9-7-18/h2-5H,6-10H2,1H3. The molecular weight excluding hydrogens is 308 g/mol. The summed E-state index contributed by atoms with van der Waals surface area (Å²) in [7, 11) is 1.94. The maximum absolute atomic E-state index is 5.93. The monoisotopic (exact) mass is 324 g/mol. The fraction of sp³-hybridized carbons (Fsp3) is 0.429. The lowest BCUT2D eigenvalue weighted by molar-refractivity contribution is 0.0210.